The molecule has 31 heavy (non-hydrogen) atoms. The van der Waals surface area contributed by atoms with Crippen LogP contribution in [0.5, 0.6) is 0 Å². The van der Waals surface area contributed by atoms with Gasteiger partial charge in [-0.3, -0.25) is 5.14 Å². The summed E-state index contributed by atoms with van der Waals surface area (Å²) in [7, 11) is 0. The second kappa shape index (κ2) is 7.56. The van der Waals surface area contributed by atoms with E-state index < -0.39 is 0 Å². The molecule has 3 aromatic heterocycles. The number of nitrogens with two attached hydrogens (primary N) is 1. The maximum absolute atomic E-state index is 6.21. The molecule has 0 amide bonds. The Kier molecular flexibility index (Phi) is 4.56. The van der Waals surface area contributed by atoms with E-state index in [1.165, 1.54) is 0 Å². The predicted molar refractivity (Wildman–Crippen MR) is 124 cm³/mol. The number of hydrogen-bond donors (Lipinski definition) is 1. The molecule has 0 spiro atoms. The summed E-state index contributed by atoms with van der Waals surface area (Å²) < 4.78 is 13.5. The number of para-hydroxylation sites is 2. The first-order chi connectivity index (χ1) is 15.3. The zero-order chi connectivity index (χ0) is 20.8. The van der Waals surface area contributed by atoms with E-state index in [0.29, 0.717) is 12.5 Å². The van der Waals surface area contributed by atoms with Gasteiger partial charge in [-0.05, 0) is 24.6 Å². The highest BCUT2D eigenvalue weighted by Gasteiger charge is 2.25. The molecule has 1 saturated heterocycles. The van der Waals surface area contributed by atoms with Crippen molar-refractivity contribution in [3.05, 3.63) is 60.8 Å². The van der Waals surface area contributed by atoms with Gasteiger partial charge in [-0.15, -0.1) is 0 Å². The molecule has 0 bridgehead atoms. The van der Waals surface area contributed by atoms with E-state index in [-0.39, 0.29) is 0 Å². The first-order valence-corrected chi connectivity index (χ1v) is 11.1. The fourth-order valence-corrected chi connectivity index (χ4v) is 4.79. The van der Waals surface area contributed by atoms with E-state index >= 15 is 0 Å². The van der Waals surface area contributed by atoms with E-state index in [0.717, 1.165) is 76.4 Å². The van der Waals surface area contributed by atoms with Crippen molar-refractivity contribution >= 4 is 45.6 Å². The van der Waals surface area contributed by atoms with Gasteiger partial charge in [-0.25, -0.2) is 4.98 Å². The fraction of sp³-hybridized carbons (Fsp3) is 0.217. The smallest absolute Gasteiger partial charge is 0.157 e. The van der Waals surface area contributed by atoms with Gasteiger partial charge in [-0.2, -0.15) is 9.61 Å². The number of furan rings is 1. The number of nitrogens with zero attached hydrogens (tertiary/aromatic N) is 4. The Morgan fingerprint density at radius 1 is 1.13 bits per heavy atom. The molecule has 7 nitrogen and oxygen atoms in total. The normalized spacial score (nSPS) is 16.8. The summed E-state index contributed by atoms with van der Waals surface area (Å²) in [5.41, 5.74) is 4.37. The van der Waals surface area contributed by atoms with Gasteiger partial charge in [0.05, 0.1) is 24.5 Å². The Labute approximate surface area is 183 Å². The van der Waals surface area contributed by atoms with E-state index in [4.69, 9.17) is 18.8 Å². The van der Waals surface area contributed by atoms with Gasteiger partial charge in [0.25, 0.3) is 0 Å². The Morgan fingerprint density at radius 3 is 2.97 bits per heavy atom. The minimum atomic E-state index is 0.457. The summed E-state index contributed by atoms with van der Waals surface area (Å²) in [5.74, 6) is 1.49. The predicted octanol–water partition coefficient (Wildman–Crippen LogP) is 4.66. The molecule has 1 fully saturated rings. The Balaban J connectivity index is 1.42. The molecule has 8 heteroatoms. The highest BCUT2D eigenvalue weighted by molar-refractivity contribution is 7.92. The van der Waals surface area contributed by atoms with Gasteiger partial charge in [0, 0.05) is 47.6 Å². The molecule has 0 radical (unpaired) electrons. The molecule has 156 valence electrons. The van der Waals surface area contributed by atoms with Gasteiger partial charge in [0.15, 0.2) is 5.65 Å². The molecule has 1 aliphatic rings. The van der Waals surface area contributed by atoms with Crippen LogP contribution in [0.1, 0.15) is 6.42 Å². The molecule has 0 aliphatic carbocycles. The number of benzene rings is 2. The van der Waals surface area contributed by atoms with Crippen molar-refractivity contribution in [2.45, 2.75) is 6.42 Å². The summed E-state index contributed by atoms with van der Waals surface area (Å²) in [5, 5.41) is 12.5. The Morgan fingerprint density at radius 2 is 2.03 bits per heavy atom. The molecule has 5 aromatic rings. The SMILES string of the molecule is NSOCC1CCN(c2ccnc3cc(-c4cccc5c4oc4ccccc45)nn23)C1. The molecule has 1 atom stereocenters. The van der Waals surface area contributed by atoms with Crippen LogP contribution in [-0.4, -0.2) is 34.3 Å². The molecule has 1 unspecified atom stereocenters. The number of aromatic nitrogens is 3. The van der Waals surface area contributed by atoms with Crippen LogP contribution in [0.3, 0.4) is 0 Å². The summed E-state index contributed by atoms with van der Waals surface area (Å²) in [6.07, 6.45) is 2.91. The van der Waals surface area contributed by atoms with Crippen LogP contribution in [0, 0.1) is 5.92 Å². The van der Waals surface area contributed by atoms with Gasteiger partial charge in [0.2, 0.25) is 0 Å². The van der Waals surface area contributed by atoms with E-state index in [1.807, 2.05) is 41.0 Å². The third-order valence-corrected chi connectivity index (χ3v) is 6.27. The van der Waals surface area contributed by atoms with Crippen LogP contribution in [0.25, 0.3) is 38.8 Å². The van der Waals surface area contributed by atoms with Gasteiger partial charge in [-0.1, -0.05) is 30.3 Å². The monoisotopic (exact) mass is 431 g/mol. The molecule has 6 rings (SSSR count). The standard InChI is InChI=1S/C23H21N5O2S/c24-31-29-14-15-9-11-27(13-15)22-8-10-25-21-12-19(26-28(21)22)18-6-3-5-17-16-4-1-2-7-20(16)30-23(17)18/h1-8,10,12,15H,9,11,13-14,24H2. The van der Waals surface area contributed by atoms with Crippen LogP contribution in [0.15, 0.2) is 65.2 Å². The van der Waals surface area contributed by atoms with Crippen LogP contribution < -0.4 is 10.0 Å². The third-order valence-electron chi connectivity index (χ3n) is 6.00. The maximum Gasteiger partial charge on any atom is 0.157 e. The lowest BCUT2D eigenvalue weighted by Gasteiger charge is -2.19. The van der Waals surface area contributed by atoms with E-state index in [1.54, 1.807) is 0 Å². The number of fused-ring (bicyclic) bond motifs is 4. The Hall–Kier alpha value is -3.07. The number of hydrogen-bond acceptors (Lipinski definition) is 7. The van der Waals surface area contributed by atoms with Crippen molar-refractivity contribution in [2.75, 3.05) is 24.6 Å². The minimum absolute atomic E-state index is 0.457. The number of anilines is 1. The van der Waals surface area contributed by atoms with Gasteiger partial charge in [0.1, 0.15) is 17.0 Å². The van der Waals surface area contributed by atoms with Crippen LogP contribution in [0.4, 0.5) is 5.82 Å². The largest absolute Gasteiger partial charge is 0.455 e. The maximum atomic E-state index is 6.21. The Bertz CT molecular complexity index is 1400. The molecule has 2 aromatic carbocycles. The highest BCUT2D eigenvalue weighted by atomic mass is 32.2. The average Bonchev–Trinajstić information content (AvgIpc) is 3.53. The summed E-state index contributed by atoms with van der Waals surface area (Å²) in [4.78, 5) is 6.89. The summed E-state index contributed by atoms with van der Waals surface area (Å²) in [6, 6.07) is 18.4. The lowest BCUT2D eigenvalue weighted by atomic mass is 10.1. The summed E-state index contributed by atoms with van der Waals surface area (Å²) >= 11 is 0.936. The van der Waals surface area contributed by atoms with Crippen LogP contribution in [-0.2, 0) is 4.18 Å². The molecular weight excluding hydrogens is 410 g/mol. The molecule has 4 heterocycles. The number of rotatable bonds is 5. The van der Waals surface area contributed by atoms with Gasteiger partial charge >= 0.3 is 0 Å². The van der Waals surface area contributed by atoms with Crippen molar-refractivity contribution in [1.82, 2.24) is 14.6 Å². The highest BCUT2D eigenvalue weighted by Crippen LogP contribution is 2.36. The van der Waals surface area contributed by atoms with Gasteiger partial charge < -0.3 is 13.5 Å². The lowest BCUT2D eigenvalue weighted by Crippen LogP contribution is -2.23. The zero-order valence-electron chi connectivity index (χ0n) is 16.8. The molecule has 2 N–H and O–H groups in total. The summed E-state index contributed by atoms with van der Waals surface area (Å²) in [6.45, 7) is 2.52. The molecular formula is C23H21N5O2S. The van der Waals surface area contributed by atoms with Crippen molar-refractivity contribution in [3.8, 4) is 11.3 Å². The topological polar surface area (TPSA) is 81.8 Å². The fourth-order valence-electron chi connectivity index (χ4n) is 4.51. The first-order valence-electron chi connectivity index (χ1n) is 10.3. The minimum Gasteiger partial charge on any atom is -0.455 e. The van der Waals surface area contributed by atoms with E-state index in [2.05, 4.69) is 34.1 Å². The molecule has 1 aliphatic heterocycles. The van der Waals surface area contributed by atoms with Crippen LogP contribution >= 0.6 is 12.2 Å². The van der Waals surface area contributed by atoms with Crippen molar-refractivity contribution in [2.24, 2.45) is 11.1 Å². The van der Waals surface area contributed by atoms with Crippen molar-refractivity contribution in [3.63, 3.8) is 0 Å². The zero-order valence-corrected chi connectivity index (χ0v) is 17.6. The second-order valence-electron chi connectivity index (χ2n) is 7.86. The second-order valence-corrected chi connectivity index (χ2v) is 8.29. The quantitative estimate of drug-likeness (QED) is 0.320. The molecule has 0 saturated carbocycles. The van der Waals surface area contributed by atoms with E-state index in [9.17, 15) is 0 Å². The average molecular weight is 432 g/mol. The van der Waals surface area contributed by atoms with Crippen LogP contribution in [0.2, 0.25) is 0 Å². The first kappa shape index (κ1) is 18.7. The third kappa shape index (κ3) is 3.15. The van der Waals surface area contributed by atoms with Crippen molar-refractivity contribution in [1.29, 1.82) is 0 Å². The van der Waals surface area contributed by atoms with Crippen molar-refractivity contribution < 1.29 is 8.60 Å². The lowest BCUT2D eigenvalue weighted by molar-refractivity contribution is 0.303.